The van der Waals surface area contributed by atoms with E-state index in [0.29, 0.717) is 12.1 Å². The molecule has 0 fully saturated rings. The highest BCUT2D eigenvalue weighted by atomic mass is 16.1. The second kappa shape index (κ2) is 10.3. The van der Waals surface area contributed by atoms with Gasteiger partial charge in [-0.25, -0.2) is 4.99 Å². The summed E-state index contributed by atoms with van der Waals surface area (Å²) in [5.41, 5.74) is 3.55. The molecule has 38 heavy (non-hydrogen) atoms. The number of carbonyl (C=O) groups is 1. The topological polar surface area (TPSA) is 32.7 Å². The lowest BCUT2D eigenvalue weighted by molar-refractivity contribution is 0.0820. The number of hydrogen-bond donors (Lipinski definition) is 0. The zero-order chi connectivity index (χ0) is 25.8. The van der Waals surface area contributed by atoms with Gasteiger partial charge in [-0.3, -0.25) is 4.79 Å². The number of benzene rings is 5. The predicted octanol–water partition coefficient (Wildman–Crippen LogP) is 7.47. The van der Waals surface area contributed by atoms with Gasteiger partial charge in [-0.1, -0.05) is 152 Å². The monoisotopic (exact) mass is 492 g/mol. The number of ketones is 1. The first-order valence-corrected chi connectivity index (χ1v) is 12.9. The molecule has 3 nitrogen and oxygen atoms in total. The van der Waals surface area contributed by atoms with E-state index in [4.69, 9.17) is 4.99 Å². The molecule has 0 aromatic heterocycles. The van der Waals surface area contributed by atoms with Crippen LogP contribution in [0.4, 0.5) is 0 Å². The zero-order valence-electron chi connectivity index (χ0n) is 21.0. The summed E-state index contributed by atoms with van der Waals surface area (Å²) in [5.74, 6) is 0.804. The number of nitrogens with zero attached hydrogens (tertiary/aromatic N) is 2. The van der Waals surface area contributed by atoms with E-state index in [-0.39, 0.29) is 11.8 Å². The Morgan fingerprint density at radius 3 is 1.74 bits per heavy atom. The number of aliphatic imine (C=N–C) groups is 1. The number of hydrogen-bond acceptors (Lipinski definition) is 3. The lowest BCUT2D eigenvalue weighted by Crippen LogP contribution is -2.43. The van der Waals surface area contributed by atoms with Crippen LogP contribution in [0.2, 0.25) is 0 Å². The fourth-order valence-electron chi connectivity index (χ4n) is 5.49. The molecule has 0 spiro atoms. The van der Waals surface area contributed by atoms with Crippen molar-refractivity contribution in [3.05, 3.63) is 179 Å². The molecule has 0 unspecified atom stereocenters. The maximum atomic E-state index is 14.8. The normalized spacial score (nSPS) is 18.7. The Bertz CT molecular complexity index is 1540. The van der Waals surface area contributed by atoms with Crippen molar-refractivity contribution >= 4 is 11.6 Å². The third-order valence-electron chi connectivity index (χ3n) is 7.20. The number of Topliss-reactive ketones (excluding diaryl/α,β-unsaturated/α-hetero) is 1. The molecule has 184 valence electrons. The van der Waals surface area contributed by atoms with E-state index in [0.717, 1.165) is 28.1 Å². The molecule has 2 atom stereocenters. The summed E-state index contributed by atoms with van der Waals surface area (Å²) in [6.07, 6.45) is 0. The van der Waals surface area contributed by atoms with E-state index in [1.54, 1.807) is 0 Å². The van der Waals surface area contributed by atoms with Gasteiger partial charge in [0.25, 0.3) is 0 Å². The number of amidine groups is 1. The Balaban J connectivity index is 1.66. The van der Waals surface area contributed by atoms with Crippen LogP contribution in [-0.2, 0) is 12.1 Å². The Morgan fingerprint density at radius 1 is 0.632 bits per heavy atom. The van der Waals surface area contributed by atoms with Crippen molar-refractivity contribution in [3.8, 4) is 0 Å². The summed E-state index contributed by atoms with van der Waals surface area (Å²) >= 11 is 0. The fraction of sp³-hybridized carbons (Fsp3) is 0.0857. The second-order valence-corrected chi connectivity index (χ2v) is 9.56. The smallest absolute Gasteiger partial charge is 0.197 e. The van der Waals surface area contributed by atoms with Crippen LogP contribution in [0.1, 0.15) is 38.7 Å². The van der Waals surface area contributed by atoms with Gasteiger partial charge in [0, 0.05) is 17.7 Å². The van der Waals surface area contributed by atoms with Crippen LogP contribution in [0.5, 0.6) is 0 Å². The average Bonchev–Trinajstić information content (AvgIpc) is 3.34. The van der Waals surface area contributed by atoms with Crippen molar-refractivity contribution in [2.45, 2.75) is 18.1 Å². The summed E-state index contributed by atoms with van der Waals surface area (Å²) in [5, 5.41) is 0. The Hall–Kier alpha value is -4.76. The molecule has 0 saturated heterocycles. The maximum absolute atomic E-state index is 14.8. The standard InChI is InChI=1S/C35H28N2O/c38-33(29-20-10-3-11-21-29)35(31-24-14-5-15-25-31)32(28-18-8-2-9-19-28)37(26-27-16-6-1-7-17-27)34(36-35)30-22-12-4-13-23-30/h1-25,32H,26H2/t32-,35+/m0/s1. The first-order valence-electron chi connectivity index (χ1n) is 12.9. The van der Waals surface area contributed by atoms with Crippen molar-refractivity contribution in [1.29, 1.82) is 0 Å². The molecule has 1 aliphatic rings. The van der Waals surface area contributed by atoms with E-state index in [1.165, 1.54) is 0 Å². The van der Waals surface area contributed by atoms with Gasteiger partial charge in [0.1, 0.15) is 5.84 Å². The molecule has 0 radical (unpaired) electrons. The molecule has 0 aliphatic carbocycles. The van der Waals surface area contributed by atoms with Crippen LogP contribution < -0.4 is 0 Å². The summed E-state index contributed by atoms with van der Waals surface area (Å²) in [7, 11) is 0. The van der Waals surface area contributed by atoms with E-state index in [9.17, 15) is 4.79 Å². The predicted molar refractivity (Wildman–Crippen MR) is 153 cm³/mol. The van der Waals surface area contributed by atoms with Gasteiger partial charge < -0.3 is 4.90 Å². The maximum Gasteiger partial charge on any atom is 0.197 e. The van der Waals surface area contributed by atoms with Crippen molar-refractivity contribution in [3.63, 3.8) is 0 Å². The van der Waals surface area contributed by atoms with Gasteiger partial charge >= 0.3 is 0 Å². The third kappa shape index (κ3) is 4.22. The fourth-order valence-corrected chi connectivity index (χ4v) is 5.49. The Morgan fingerprint density at radius 2 is 1.13 bits per heavy atom. The van der Waals surface area contributed by atoms with Crippen LogP contribution in [0.15, 0.2) is 157 Å². The lowest BCUT2D eigenvalue weighted by atomic mass is 9.75. The summed E-state index contributed by atoms with van der Waals surface area (Å²) < 4.78 is 0. The van der Waals surface area contributed by atoms with E-state index in [1.807, 2.05) is 103 Å². The number of rotatable bonds is 7. The van der Waals surface area contributed by atoms with E-state index >= 15 is 0 Å². The Labute approximate surface area is 223 Å². The lowest BCUT2D eigenvalue weighted by Gasteiger charge is -2.38. The minimum absolute atomic E-state index is 0.0119. The quantitative estimate of drug-likeness (QED) is 0.221. The molecule has 0 saturated carbocycles. The largest absolute Gasteiger partial charge is 0.342 e. The Kier molecular flexibility index (Phi) is 6.41. The van der Waals surface area contributed by atoms with Crippen molar-refractivity contribution in [1.82, 2.24) is 4.90 Å². The molecule has 1 aliphatic heterocycles. The van der Waals surface area contributed by atoms with Gasteiger partial charge in [-0.2, -0.15) is 0 Å². The van der Waals surface area contributed by atoms with Crippen molar-refractivity contribution in [2.75, 3.05) is 0 Å². The van der Waals surface area contributed by atoms with Crippen molar-refractivity contribution in [2.24, 2.45) is 4.99 Å². The first-order chi connectivity index (χ1) is 18.8. The van der Waals surface area contributed by atoms with Gasteiger partial charge in [0.2, 0.25) is 0 Å². The first kappa shape index (κ1) is 23.6. The van der Waals surface area contributed by atoms with Crippen LogP contribution in [0.25, 0.3) is 0 Å². The summed E-state index contributed by atoms with van der Waals surface area (Å²) in [6.45, 7) is 0.616. The molecule has 0 bridgehead atoms. The van der Waals surface area contributed by atoms with Gasteiger partial charge in [0.15, 0.2) is 11.3 Å². The molecule has 1 heterocycles. The highest BCUT2D eigenvalue weighted by molar-refractivity contribution is 6.10. The van der Waals surface area contributed by atoms with Crippen molar-refractivity contribution < 1.29 is 4.79 Å². The molecule has 0 N–H and O–H groups in total. The molecular formula is C35H28N2O. The minimum Gasteiger partial charge on any atom is -0.342 e. The summed E-state index contributed by atoms with van der Waals surface area (Å²) in [4.78, 5) is 22.6. The van der Waals surface area contributed by atoms with Crippen LogP contribution in [0.3, 0.4) is 0 Å². The van der Waals surface area contributed by atoms with Gasteiger partial charge in [-0.15, -0.1) is 0 Å². The molecular weight excluding hydrogens is 464 g/mol. The van der Waals surface area contributed by atoms with Crippen LogP contribution in [0, 0.1) is 0 Å². The molecule has 3 heteroatoms. The zero-order valence-corrected chi connectivity index (χ0v) is 21.0. The van der Waals surface area contributed by atoms with Crippen LogP contribution >= 0.6 is 0 Å². The third-order valence-corrected chi connectivity index (χ3v) is 7.20. The summed E-state index contributed by atoms with van der Waals surface area (Å²) in [6, 6.07) is 50.2. The molecule has 5 aromatic carbocycles. The minimum atomic E-state index is -1.18. The molecule has 0 amide bonds. The van der Waals surface area contributed by atoms with E-state index < -0.39 is 5.54 Å². The SMILES string of the molecule is O=C(c1ccccc1)[C@]1(c2ccccc2)N=C(c2ccccc2)N(Cc2ccccc2)[C@H]1c1ccccc1. The number of carbonyl (C=O) groups excluding carboxylic acids is 1. The van der Waals surface area contributed by atoms with E-state index in [2.05, 4.69) is 53.4 Å². The second-order valence-electron chi connectivity index (χ2n) is 9.56. The van der Waals surface area contributed by atoms with Crippen LogP contribution in [-0.4, -0.2) is 16.5 Å². The molecule has 6 rings (SSSR count). The highest BCUT2D eigenvalue weighted by Gasteiger charge is 2.55. The van der Waals surface area contributed by atoms with Gasteiger partial charge in [0.05, 0.1) is 6.04 Å². The van der Waals surface area contributed by atoms with Gasteiger partial charge in [-0.05, 0) is 16.7 Å². The highest BCUT2D eigenvalue weighted by Crippen LogP contribution is 2.50. The average molecular weight is 493 g/mol. The molecule has 5 aromatic rings.